The van der Waals surface area contributed by atoms with Gasteiger partial charge in [-0.15, -0.1) is 10.1 Å². The number of nitrogens with one attached hydrogen (secondary N) is 1. The first-order chi connectivity index (χ1) is 15.0. The van der Waals surface area contributed by atoms with E-state index in [9.17, 15) is 4.79 Å². The van der Waals surface area contributed by atoms with Crippen LogP contribution in [0.25, 0.3) is 0 Å². The molecule has 0 aliphatic rings. The minimum absolute atomic E-state index is 0.0826. The highest BCUT2D eigenvalue weighted by Gasteiger charge is 2.07. The lowest BCUT2D eigenvalue weighted by Gasteiger charge is -2.21. The van der Waals surface area contributed by atoms with Gasteiger partial charge in [0.1, 0.15) is 0 Å². The van der Waals surface area contributed by atoms with Crippen LogP contribution in [0.4, 0.5) is 0 Å². The van der Waals surface area contributed by atoms with E-state index in [4.69, 9.17) is 20.4 Å². The topological polar surface area (TPSA) is 116 Å². The molecule has 0 bridgehead atoms. The molecule has 8 nitrogen and oxygen atoms in total. The predicted molar refractivity (Wildman–Crippen MR) is 125 cm³/mol. The summed E-state index contributed by atoms with van der Waals surface area (Å²) < 4.78 is 0. The quantitative estimate of drug-likeness (QED) is 0.119. The Labute approximate surface area is 189 Å². The van der Waals surface area contributed by atoms with Crippen molar-refractivity contribution in [3.63, 3.8) is 0 Å². The van der Waals surface area contributed by atoms with Crippen LogP contribution in [-0.4, -0.2) is 46.0 Å². The highest BCUT2D eigenvalue weighted by atomic mass is 16.9. The summed E-state index contributed by atoms with van der Waals surface area (Å²) in [6, 6.07) is 0. The summed E-state index contributed by atoms with van der Waals surface area (Å²) in [7, 11) is 0. The van der Waals surface area contributed by atoms with Crippen molar-refractivity contribution in [3.05, 3.63) is 10.1 Å². The van der Waals surface area contributed by atoms with Crippen LogP contribution in [0.3, 0.4) is 0 Å². The van der Waals surface area contributed by atoms with Crippen molar-refractivity contribution >= 4 is 5.91 Å². The lowest BCUT2D eigenvalue weighted by molar-refractivity contribution is -0.742. The van der Waals surface area contributed by atoms with Gasteiger partial charge in [0.25, 0.3) is 5.09 Å². The molecule has 0 aromatic heterocycles. The third kappa shape index (κ3) is 30.9. The molecule has 0 radical (unpaired) electrons. The monoisotopic (exact) mass is 447 g/mol. The SMILES string of the molecule is CCCCCCCCCCCCCCCCCC(=O)NN(CCC)CCO.O=[N+]([O-])O. The number of rotatable bonds is 21. The molecule has 0 aromatic rings. The van der Waals surface area contributed by atoms with Gasteiger partial charge in [0.2, 0.25) is 5.91 Å². The van der Waals surface area contributed by atoms with E-state index < -0.39 is 5.09 Å². The zero-order valence-electron chi connectivity index (χ0n) is 20.2. The van der Waals surface area contributed by atoms with Crippen LogP contribution in [0.2, 0.25) is 0 Å². The minimum atomic E-state index is -1.50. The number of hydrogen-bond donors (Lipinski definition) is 3. The lowest BCUT2D eigenvalue weighted by atomic mass is 10.0. The number of aliphatic hydroxyl groups excluding tert-OH is 1. The molecule has 1 amide bonds. The average molecular weight is 448 g/mol. The number of aliphatic hydroxyl groups is 1. The Bertz CT molecular complexity index is 387. The number of amides is 1. The molecule has 0 aromatic carbocycles. The highest BCUT2D eigenvalue weighted by Crippen LogP contribution is 2.13. The molecular weight excluding hydrogens is 398 g/mol. The molecule has 0 fully saturated rings. The van der Waals surface area contributed by atoms with Crippen LogP contribution >= 0.6 is 0 Å². The van der Waals surface area contributed by atoms with E-state index in [2.05, 4.69) is 19.3 Å². The van der Waals surface area contributed by atoms with Crippen LogP contribution in [0.1, 0.15) is 123 Å². The molecule has 8 heteroatoms. The van der Waals surface area contributed by atoms with Crippen LogP contribution < -0.4 is 5.43 Å². The van der Waals surface area contributed by atoms with E-state index in [1.807, 2.05) is 5.01 Å². The Hall–Kier alpha value is -1.41. The van der Waals surface area contributed by atoms with Crippen molar-refractivity contribution in [3.8, 4) is 0 Å². The average Bonchev–Trinajstić information content (AvgIpc) is 2.71. The normalized spacial score (nSPS) is 10.6. The van der Waals surface area contributed by atoms with Gasteiger partial charge in [-0.05, 0) is 12.8 Å². The molecule has 0 aliphatic carbocycles. The van der Waals surface area contributed by atoms with Crippen molar-refractivity contribution in [1.29, 1.82) is 0 Å². The number of carbonyl (C=O) groups is 1. The summed E-state index contributed by atoms with van der Waals surface area (Å²) >= 11 is 0. The first-order valence-corrected chi connectivity index (χ1v) is 12.5. The van der Waals surface area contributed by atoms with Crippen LogP contribution in [-0.2, 0) is 4.79 Å². The Morgan fingerprint density at radius 3 is 1.52 bits per heavy atom. The maximum Gasteiger partial charge on any atom is 0.291 e. The molecule has 0 saturated carbocycles. The molecule has 0 aliphatic heterocycles. The lowest BCUT2D eigenvalue weighted by Crippen LogP contribution is -2.44. The number of unbranched alkanes of at least 4 members (excludes halogenated alkanes) is 14. The first kappa shape index (κ1) is 31.8. The van der Waals surface area contributed by atoms with E-state index in [1.165, 1.54) is 83.5 Å². The molecular formula is C23H49N3O5. The second-order valence-corrected chi connectivity index (χ2v) is 8.18. The first-order valence-electron chi connectivity index (χ1n) is 12.5. The Balaban J connectivity index is 0. The van der Waals surface area contributed by atoms with E-state index in [1.54, 1.807) is 0 Å². The summed E-state index contributed by atoms with van der Waals surface area (Å²) in [6.07, 6.45) is 21.7. The minimum Gasteiger partial charge on any atom is -0.395 e. The molecule has 0 unspecified atom stereocenters. The van der Waals surface area contributed by atoms with Gasteiger partial charge >= 0.3 is 0 Å². The number of hydrazine groups is 1. The zero-order chi connectivity index (χ0) is 23.6. The molecule has 0 rings (SSSR count). The summed E-state index contributed by atoms with van der Waals surface area (Å²) in [5.74, 6) is 0.0894. The van der Waals surface area contributed by atoms with Crippen molar-refractivity contribution in [2.24, 2.45) is 0 Å². The van der Waals surface area contributed by atoms with Crippen molar-refractivity contribution in [2.75, 3.05) is 19.7 Å². The standard InChI is InChI=1S/C23H48N2O2.HNO3/c1-3-5-6-7-8-9-10-11-12-13-14-15-16-17-18-19-23(27)24-25(20-4-2)21-22-26;2-1(3)4/h26H,3-22H2,1-2H3,(H,24,27);(H,2,3,4). The van der Waals surface area contributed by atoms with Gasteiger partial charge in [-0.1, -0.05) is 104 Å². The fraction of sp³-hybridized carbons (Fsp3) is 0.957. The van der Waals surface area contributed by atoms with E-state index in [0.29, 0.717) is 13.0 Å². The van der Waals surface area contributed by atoms with Crippen molar-refractivity contribution in [1.82, 2.24) is 10.4 Å². The summed E-state index contributed by atoms with van der Waals surface area (Å²) in [5, 5.41) is 24.5. The second kappa shape index (κ2) is 26.6. The number of nitrogens with zero attached hydrogens (tertiary/aromatic N) is 2. The van der Waals surface area contributed by atoms with Crippen LogP contribution in [0.5, 0.6) is 0 Å². The molecule has 0 atom stereocenters. The van der Waals surface area contributed by atoms with E-state index in [0.717, 1.165) is 25.8 Å². The van der Waals surface area contributed by atoms with Crippen LogP contribution in [0.15, 0.2) is 0 Å². The van der Waals surface area contributed by atoms with Gasteiger partial charge < -0.3 is 10.3 Å². The van der Waals surface area contributed by atoms with Gasteiger partial charge in [-0.3, -0.25) is 10.2 Å². The maximum atomic E-state index is 11.9. The summed E-state index contributed by atoms with van der Waals surface area (Å²) in [4.78, 5) is 20.3. The van der Waals surface area contributed by atoms with Crippen molar-refractivity contribution in [2.45, 2.75) is 123 Å². The maximum absolute atomic E-state index is 11.9. The molecule has 0 saturated heterocycles. The van der Waals surface area contributed by atoms with Crippen molar-refractivity contribution < 1.29 is 20.2 Å². The molecule has 186 valence electrons. The van der Waals surface area contributed by atoms with Gasteiger partial charge in [-0.25, -0.2) is 5.01 Å². The molecule has 0 spiro atoms. The zero-order valence-corrected chi connectivity index (χ0v) is 20.2. The third-order valence-electron chi connectivity index (χ3n) is 5.15. The van der Waals surface area contributed by atoms with Crippen LogP contribution in [0, 0.1) is 10.1 Å². The summed E-state index contributed by atoms with van der Waals surface area (Å²) in [5.41, 5.74) is 2.90. The molecule has 0 heterocycles. The van der Waals surface area contributed by atoms with Gasteiger partial charge in [-0.2, -0.15) is 0 Å². The fourth-order valence-electron chi connectivity index (χ4n) is 3.50. The number of hydrogen-bond acceptors (Lipinski definition) is 5. The second-order valence-electron chi connectivity index (χ2n) is 8.18. The van der Waals surface area contributed by atoms with Gasteiger partial charge in [0.15, 0.2) is 0 Å². The smallest absolute Gasteiger partial charge is 0.291 e. The Morgan fingerprint density at radius 2 is 1.16 bits per heavy atom. The highest BCUT2D eigenvalue weighted by molar-refractivity contribution is 5.75. The number of carbonyl (C=O) groups excluding carboxylic acids is 1. The predicted octanol–water partition coefficient (Wildman–Crippen LogP) is 5.64. The molecule has 31 heavy (non-hydrogen) atoms. The van der Waals surface area contributed by atoms with E-state index in [-0.39, 0.29) is 12.5 Å². The Kier molecular flexibility index (Phi) is 27.3. The fourth-order valence-corrected chi connectivity index (χ4v) is 3.50. The summed E-state index contributed by atoms with van der Waals surface area (Å²) in [6.45, 7) is 5.74. The molecule has 3 N–H and O–H groups in total. The third-order valence-corrected chi connectivity index (χ3v) is 5.15. The van der Waals surface area contributed by atoms with E-state index >= 15 is 0 Å². The largest absolute Gasteiger partial charge is 0.395 e. The Morgan fingerprint density at radius 1 is 0.774 bits per heavy atom. The van der Waals surface area contributed by atoms with Gasteiger partial charge in [0.05, 0.1) is 6.61 Å². The van der Waals surface area contributed by atoms with Gasteiger partial charge in [0, 0.05) is 19.5 Å².